The van der Waals surface area contributed by atoms with Crippen LogP contribution in [0.15, 0.2) is 59.5 Å². The van der Waals surface area contributed by atoms with E-state index in [2.05, 4.69) is 0 Å². The number of non-ortho nitro benzene ring substituents is 1. The second kappa shape index (κ2) is 8.81. The molecule has 9 heteroatoms. The summed E-state index contributed by atoms with van der Waals surface area (Å²) in [5.41, 5.74) is 1.07. The van der Waals surface area contributed by atoms with Crippen LogP contribution in [-0.4, -0.2) is 46.2 Å². The summed E-state index contributed by atoms with van der Waals surface area (Å²) in [6.45, 7) is 1.41. The van der Waals surface area contributed by atoms with Gasteiger partial charge in [-0.05, 0) is 30.5 Å². The van der Waals surface area contributed by atoms with Crippen molar-refractivity contribution >= 4 is 23.8 Å². The van der Waals surface area contributed by atoms with Gasteiger partial charge < -0.3 is 9.08 Å². The van der Waals surface area contributed by atoms with E-state index in [1.54, 1.807) is 12.1 Å². The molecule has 0 spiro atoms. The second-order valence-corrected chi connectivity index (χ2v) is 7.90. The summed E-state index contributed by atoms with van der Waals surface area (Å²) in [5, 5.41) is 12.2. The molecular weight excluding hydrogens is 394 g/mol. The van der Waals surface area contributed by atoms with Crippen molar-refractivity contribution in [2.24, 2.45) is 0 Å². The van der Waals surface area contributed by atoms with E-state index >= 15 is 0 Å². The summed E-state index contributed by atoms with van der Waals surface area (Å²) in [4.78, 5) is 31.4. The largest absolute Gasteiger partial charge is 0.344 e. The highest BCUT2D eigenvalue weighted by molar-refractivity contribution is 7.94. The molecule has 0 radical (unpaired) electrons. The average molecular weight is 415 g/mol. The van der Waals surface area contributed by atoms with Gasteiger partial charge in [0.25, 0.3) is 5.69 Å². The Morgan fingerprint density at radius 2 is 1.86 bits per heavy atom. The van der Waals surface area contributed by atoms with E-state index in [-0.39, 0.29) is 23.8 Å². The minimum absolute atomic E-state index is 0.00498. The average Bonchev–Trinajstić information content (AvgIpc) is 2.99. The molecule has 152 valence electrons. The maximum Gasteiger partial charge on any atom is 0.344 e. The van der Waals surface area contributed by atoms with Crippen LogP contribution < -0.4 is 0 Å². The van der Waals surface area contributed by atoms with E-state index in [0.717, 1.165) is 35.3 Å². The molecule has 4 rings (SSSR count). The predicted octanol–water partition coefficient (Wildman–Crippen LogP) is 4.02. The van der Waals surface area contributed by atoms with Crippen molar-refractivity contribution in [2.45, 2.75) is 36.4 Å². The number of hydroxylamine groups is 2. The molecule has 2 amide bonds. The van der Waals surface area contributed by atoms with Gasteiger partial charge in [0, 0.05) is 35.6 Å². The molecule has 2 saturated heterocycles. The molecule has 8 nitrogen and oxygen atoms in total. The summed E-state index contributed by atoms with van der Waals surface area (Å²) in [5.74, 6) is 0. The number of hydrogen-bond donors (Lipinski definition) is 0. The summed E-state index contributed by atoms with van der Waals surface area (Å²) in [7, 11) is 0. The Hall–Kier alpha value is -2.62. The van der Waals surface area contributed by atoms with Crippen molar-refractivity contribution in [3.05, 3.63) is 70.3 Å². The van der Waals surface area contributed by atoms with Crippen LogP contribution in [0.4, 0.5) is 10.5 Å². The van der Waals surface area contributed by atoms with Crippen LogP contribution in [0.2, 0.25) is 0 Å². The van der Waals surface area contributed by atoms with Crippen molar-refractivity contribution in [1.29, 1.82) is 0 Å². The molecule has 2 bridgehead atoms. The number of piperidine rings is 1. The molecular formula is C20H21N3O5S. The fourth-order valence-corrected chi connectivity index (χ4v) is 4.18. The zero-order valence-corrected chi connectivity index (χ0v) is 16.5. The number of rotatable bonds is 8. The van der Waals surface area contributed by atoms with Crippen molar-refractivity contribution in [1.82, 2.24) is 9.96 Å². The SMILES string of the molecule is O=C1N2C[C@@H](CC[C@H]2COSc2ccc([N+](=O)[O-])cc2)N1OCc1ccccc1. The lowest BCUT2D eigenvalue weighted by atomic mass is 10.0. The molecule has 2 aliphatic heterocycles. The van der Waals surface area contributed by atoms with Gasteiger partial charge >= 0.3 is 6.03 Å². The van der Waals surface area contributed by atoms with Crippen molar-refractivity contribution < 1.29 is 18.7 Å². The van der Waals surface area contributed by atoms with Crippen molar-refractivity contribution in [2.75, 3.05) is 13.2 Å². The maximum absolute atomic E-state index is 12.8. The third kappa shape index (κ3) is 4.52. The molecule has 0 aromatic heterocycles. The molecule has 2 aliphatic rings. The molecule has 2 aromatic rings. The van der Waals surface area contributed by atoms with E-state index in [0.29, 0.717) is 19.8 Å². The maximum atomic E-state index is 12.8. The van der Waals surface area contributed by atoms with Gasteiger partial charge in [0.2, 0.25) is 0 Å². The highest BCUT2D eigenvalue weighted by Gasteiger charge is 2.45. The lowest BCUT2D eigenvalue weighted by molar-refractivity contribution is -0.384. The molecule has 0 aliphatic carbocycles. The first kappa shape index (κ1) is 19.7. The van der Waals surface area contributed by atoms with Crippen LogP contribution in [0.1, 0.15) is 18.4 Å². The summed E-state index contributed by atoms with van der Waals surface area (Å²) in [6.07, 6.45) is 1.72. The Kier molecular flexibility index (Phi) is 5.98. The Bertz CT molecular complexity index is 864. The Morgan fingerprint density at radius 1 is 1.10 bits per heavy atom. The highest BCUT2D eigenvalue weighted by Crippen LogP contribution is 2.32. The molecule has 0 unspecified atom stereocenters. The van der Waals surface area contributed by atoms with E-state index in [1.807, 2.05) is 35.2 Å². The van der Waals surface area contributed by atoms with Gasteiger partial charge in [-0.25, -0.2) is 4.79 Å². The second-order valence-electron chi connectivity index (χ2n) is 7.02. The highest BCUT2D eigenvalue weighted by atomic mass is 32.2. The minimum Gasteiger partial charge on any atom is -0.315 e. The van der Waals surface area contributed by atoms with E-state index in [4.69, 9.17) is 9.02 Å². The number of benzene rings is 2. The van der Waals surface area contributed by atoms with Crippen LogP contribution in [0, 0.1) is 10.1 Å². The molecule has 2 aromatic carbocycles. The van der Waals surface area contributed by atoms with Gasteiger partial charge in [-0.2, -0.15) is 5.06 Å². The topological polar surface area (TPSA) is 85.2 Å². The standard InChI is InChI=1S/C20H21N3O5S/c24-20-21-12-17(22(20)27-13-15-4-2-1-3-5-15)6-7-18(21)14-28-29-19-10-8-16(9-11-19)23(25)26/h1-5,8-11,17-18H,6-7,12-14H2/t17-,18+/m1/s1. The molecule has 2 atom stereocenters. The fraction of sp³-hybridized carbons (Fsp3) is 0.350. The van der Waals surface area contributed by atoms with E-state index < -0.39 is 4.92 Å². The number of nitro benzene ring substituents is 1. The monoisotopic (exact) mass is 415 g/mol. The van der Waals surface area contributed by atoms with Gasteiger partial charge in [0.05, 0.1) is 23.6 Å². The van der Waals surface area contributed by atoms with Gasteiger partial charge in [-0.15, -0.1) is 0 Å². The quantitative estimate of drug-likeness (QED) is 0.368. The van der Waals surface area contributed by atoms with Gasteiger partial charge in [-0.1, -0.05) is 30.3 Å². The van der Waals surface area contributed by atoms with E-state index in [1.165, 1.54) is 17.2 Å². The molecule has 2 fully saturated rings. The third-order valence-corrected chi connectivity index (χ3v) is 5.84. The van der Waals surface area contributed by atoms with Crippen LogP contribution in [0.25, 0.3) is 0 Å². The first-order valence-electron chi connectivity index (χ1n) is 9.42. The van der Waals surface area contributed by atoms with Gasteiger partial charge in [0.1, 0.15) is 6.61 Å². The number of fused-ring (bicyclic) bond motifs is 2. The predicted molar refractivity (Wildman–Crippen MR) is 107 cm³/mol. The number of carbonyl (C=O) groups excluding carboxylic acids is 1. The fourth-order valence-electron chi connectivity index (χ4n) is 3.57. The number of amides is 2. The lowest BCUT2D eigenvalue weighted by Gasteiger charge is -2.29. The van der Waals surface area contributed by atoms with Crippen LogP contribution in [0.3, 0.4) is 0 Å². The summed E-state index contributed by atoms with van der Waals surface area (Å²) >= 11 is 1.16. The third-order valence-electron chi connectivity index (χ3n) is 5.12. The first-order chi connectivity index (χ1) is 14.1. The number of urea groups is 1. The van der Waals surface area contributed by atoms with Crippen molar-refractivity contribution in [3.8, 4) is 0 Å². The molecule has 2 heterocycles. The van der Waals surface area contributed by atoms with Crippen molar-refractivity contribution in [3.63, 3.8) is 0 Å². The van der Waals surface area contributed by atoms with Crippen LogP contribution in [0.5, 0.6) is 0 Å². The number of nitrogens with zero attached hydrogens (tertiary/aromatic N) is 3. The smallest absolute Gasteiger partial charge is 0.315 e. The number of hydrogen-bond acceptors (Lipinski definition) is 6. The molecule has 0 saturated carbocycles. The Morgan fingerprint density at radius 3 is 2.59 bits per heavy atom. The minimum atomic E-state index is -0.432. The Balaban J connectivity index is 1.27. The van der Waals surface area contributed by atoms with E-state index in [9.17, 15) is 14.9 Å². The number of nitro groups is 1. The van der Waals surface area contributed by atoms with Crippen LogP contribution >= 0.6 is 12.0 Å². The molecule has 29 heavy (non-hydrogen) atoms. The molecule has 0 N–H and O–H groups in total. The van der Waals surface area contributed by atoms with Gasteiger partial charge in [-0.3, -0.25) is 15.0 Å². The summed E-state index contributed by atoms with van der Waals surface area (Å²) < 4.78 is 5.72. The summed E-state index contributed by atoms with van der Waals surface area (Å²) in [6, 6.07) is 15.9. The Labute approximate surface area is 172 Å². The van der Waals surface area contributed by atoms with Gasteiger partial charge in [0.15, 0.2) is 0 Å². The normalized spacial score (nSPS) is 20.9. The zero-order valence-electron chi connectivity index (χ0n) is 15.7. The zero-order chi connectivity index (χ0) is 20.2. The lowest BCUT2D eigenvalue weighted by Crippen LogP contribution is -2.42. The van der Waals surface area contributed by atoms with Crippen LogP contribution in [-0.2, 0) is 15.6 Å². The first-order valence-corrected chi connectivity index (χ1v) is 10.2. The number of carbonyl (C=O) groups is 1.